The Morgan fingerprint density at radius 1 is 0.727 bits per heavy atom. The quantitative estimate of drug-likeness (QED) is 0.416. The lowest BCUT2D eigenvalue weighted by atomic mass is 10.3. The molecule has 1 aromatic carbocycles. The number of para-hydroxylation sites is 2. The first-order valence-electron chi connectivity index (χ1n) is 7.63. The van der Waals surface area contributed by atoms with Gasteiger partial charge < -0.3 is 29.4 Å². The van der Waals surface area contributed by atoms with Crippen molar-refractivity contribution < 1.29 is 23.7 Å². The van der Waals surface area contributed by atoms with E-state index in [9.17, 15) is 0 Å². The van der Waals surface area contributed by atoms with E-state index in [1.165, 1.54) is 0 Å². The molecule has 0 aliphatic carbocycles. The van der Waals surface area contributed by atoms with Gasteiger partial charge in [0.2, 0.25) is 0 Å². The SMILES string of the molecule is CCOCCOCCOCCOCCOc1ccccc1N. The fourth-order valence-electron chi connectivity index (χ4n) is 1.63. The molecule has 6 heteroatoms. The molecular formula is C16H27NO5. The fourth-order valence-corrected chi connectivity index (χ4v) is 1.63. The fraction of sp³-hybridized carbons (Fsp3) is 0.625. The number of nitrogens with two attached hydrogens (primary N) is 1. The summed E-state index contributed by atoms with van der Waals surface area (Å²) in [6.07, 6.45) is 0. The Morgan fingerprint density at radius 3 is 1.77 bits per heavy atom. The largest absolute Gasteiger partial charge is 0.489 e. The highest BCUT2D eigenvalue weighted by Gasteiger charge is 1.98. The molecule has 0 unspecified atom stereocenters. The van der Waals surface area contributed by atoms with Crippen molar-refractivity contribution in [2.24, 2.45) is 0 Å². The van der Waals surface area contributed by atoms with Gasteiger partial charge in [0.1, 0.15) is 12.4 Å². The second-order valence-corrected chi connectivity index (χ2v) is 4.42. The molecule has 0 bridgehead atoms. The standard InChI is InChI=1S/C16H27NO5/c1-2-18-7-8-19-9-10-20-11-12-21-13-14-22-16-6-4-3-5-15(16)17/h3-6H,2,7-14,17H2,1H3. The molecule has 0 spiro atoms. The highest BCUT2D eigenvalue weighted by Crippen LogP contribution is 2.19. The van der Waals surface area contributed by atoms with Crippen LogP contribution in [0.5, 0.6) is 5.75 Å². The molecule has 0 saturated carbocycles. The topological polar surface area (TPSA) is 72.2 Å². The van der Waals surface area contributed by atoms with E-state index in [0.717, 1.165) is 6.61 Å². The summed E-state index contributed by atoms with van der Waals surface area (Å²) in [6, 6.07) is 7.40. The van der Waals surface area contributed by atoms with Gasteiger partial charge in [0.05, 0.1) is 51.9 Å². The van der Waals surface area contributed by atoms with Crippen LogP contribution in [0.1, 0.15) is 6.92 Å². The highest BCUT2D eigenvalue weighted by atomic mass is 16.6. The molecule has 0 atom stereocenters. The summed E-state index contributed by atoms with van der Waals surface area (Å²) in [5, 5.41) is 0. The van der Waals surface area contributed by atoms with Crippen LogP contribution in [0.2, 0.25) is 0 Å². The van der Waals surface area contributed by atoms with Crippen LogP contribution >= 0.6 is 0 Å². The van der Waals surface area contributed by atoms with E-state index in [1.807, 2.05) is 25.1 Å². The number of hydrogen-bond donors (Lipinski definition) is 1. The van der Waals surface area contributed by atoms with Gasteiger partial charge in [0.25, 0.3) is 0 Å². The van der Waals surface area contributed by atoms with Crippen molar-refractivity contribution in [1.82, 2.24) is 0 Å². The number of nitrogen functional groups attached to an aromatic ring is 1. The van der Waals surface area contributed by atoms with Gasteiger partial charge in [0.15, 0.2) is 0 Å². The van der Waals surface area contributed by atoms with Crippen LogP contribution in [0.3, 0.4) is 0 Å². The Bertz CT molecular complexity index is 375. The predicted octanol–water partition coefficient (Wildman–Crippen LogP) is 1.73. The third-order valence-corrected chi connectivity index (χ3v) is 2.72. The summed E-state index contributed by atoms with van der Waals surface area (Å²) < 4.78 is 26.8. The zero-order chi connectivity index (χ0) is 15.9. The molecule has 1 aromatic rings. The van der Waals surface area contributed by atoms with Crippen LogP contribution in [0, 0.1) is 0 Å². The van der Waals surface area contributed by atoms with E-state index in [1.54, 1.807) is 6.07 Å². The molecule has 0 fully saturated rings. The first-order chi connectivity index (χ1) is 10.8. The van der Waals surface area contributed by atoms with Crippen LogP contribution < -0.4 is 10.5 Å². The normalized spacial score (nSPS) is 10.8. The van der Waals surface area contributed by atoms with Gasteiger partial charge in [-0.1, -0.05) is 12.1 Å². The second-order valence-electron chi connectivity index (χ2n) is 4.42. The van der Waals surface area contributed by atoms with E-state index in [4.69, 9.17) is 29.4 Å². The maximum absolute atomic E-state index is 5.76. The minimum Gasteiger partial charge on any atom is -0.489 e. The Hall–Kier alpha value is -1.34. The molecule has 0 radical (unpaired) electrons. The van der Waals surface area contributed by atoms with Crippen molar-refractivity contribution in [2.75, 3.05) is 65.2 Å². The van der Waals surface area contributed by atoms with Gasteiger partial charge in [0, 0.05) is 6.61 Å². The van der Waals surface area contributed by atoms with Gasteiger partial charge in [-0.2, -0.15) is 0 Å². The molecule has 2 N–H and O–H groups in total. The lowest BCUT2D eigenvalue weighted by Crippen LogP contribution is -2.14. The van der Waals surface area contributed by atoms with Crippen LogP contribution in [0.25, 0.3) is 0 Å². The summed E-state index contributed by atoms with van der Waals surface area (Å²) in [7, 11) is 0. The monoisotopic (exact) mass is 313 g/mol. The zero-order valence-electron chi connectivity index (χ0n) is 13.3. The Morgan fingerprint density at radius 2 is 1.23 bits per heavy atom. The van der Waals surface area contributed by atoms with E-state index in [2.05, 4.69) is 0 Å². The number of benzene rings is 1. The lowest BCUT2D eigenvalue weighted by Gasteiger charge is -2.09. The summed E-state index contributed by atoms with van der Waals surface area (Å²) in [5.74, 6) is 0.687. The van der Waals surface area contributed by atoms with Crippen LogP contribution in [0.4, 0.5) is 5.69 Å². The molecule has 126 valence electrons. The van der Waals surface area contributed by atoms with Crippen molar-refractivity contribution in [2.45, 2.75) is 6.92 Å². The maximum atomic E-state index is 5.76. The molecular weight excluding hydrogens is 286 g/mol. The van der Waals surface area contributed by atoms with E-state index in [-0.39, 0.29) is 0 Å². The Labute approximate surface area is 132 Å². The number of hydrogen-bond acceptors (Lipinski definition) is 6. The summed E-state index contributed by atoms with van der Waals surface area (Å²) in [5.41, 5.74) is 6.40. The van der Waals surface area contributed by atoms with Crippen molar-refractivity contribution in [3.05, 3.63) is 24.3 Å². The summed E-state index contributed by atoms with van der Waals surface area (Å²) in [6.45, 7) is 7.10. The molecule has 0 aliphatic heterocycles. The van der Waals surface area contributed by atoms with E-state index in [0.29, 0.717) is 64.3 Å². The van der Waals surface area contributed by atoms with Crippen molar-refractivity contribution in [3.8, 4) is 5.75 Å². The van der Waals surface area contributed by atoms with Crippen LogP contribution in [-0.2, 0) is 18.9 Å². The van der Waals surface area contributed by atoms with Gasteiger partial charge in [-0.15, -0.1) is 0 Å². The average Bonchev–Trinajstić information content (AvgIpc) is 2.53. The van der Waals surface area contributed by atoms with E-state index < -0.39 is 0 Å². The number of anilines is 1. The minimum atomic E-state index is 0.467. The van der Waals surface area contributed by atoms with Crippen molar-refractivity contribution in [1.29, 1.82) is 0 Å². The van der Waals surface area contributed by atoms with Crippen molar-refractivity contribution in [3.63, 3.8) is 0 Å². The second kappa shape index (κ2) is 13.3. The summed E-state index contributed by atoms with van der Waals surface area (Å²) in [4.78, 5) is 0. The van der Waals surface area contributed by atoms with Gasteiger partial charge in [-0.05, 0) is 19.1 Å². The minimum absolute atomic E-state index is 0.467. The molecule has 0 heterocycles. The molecule has 0 aromatic heterocycles. The van der Waals surface area contributed by atoms with Gasteiger partial charge >= 0.3 is 0 Å². The Kier molecular flexibility index (Phi) is 11.3. The third kappa shape index (κ3) is 9.57. The van der Waals surface area contributed by atoms with Crippen LogP contribution in [-0.4, -0.2) is 59.5 Å². The number of ether oxygens (including phenoxy) is 5. The Balaban J connectivity index is 1.81. The molecule has 0 aliphatic rings. The number of rotatable bonds is 14. The van der Waals surface area contributed by atoms with Crippen molar-refractivity contribution >= 4 is 5.69 Å². The highest BCUT2D eigenvalue weighted by molar-refractivity contribution is 5.51. The van der Waals surface area contributed by atoms with Crippen LogP contribution in [0.15, 0.2) is 24.3 Å². The first-order valence-corrected chi connectivity index (χ1v) is 7.63. The van der Waals surface area contributed by atoms with Gasteiger partial charge in [-0.3, -0.25) is 0 Å². The molecule has 0 amide bonds. The average molecular weight is 313 g/mol. The lowest BCUT2D eigenvalue weighted by molar-refractivity contribution is -0.00339. The zero-order valence-corrected chi connectivity index (χ0v) is 13.3. The third-order valence-electron chi connectivity index (χ3n) is 2.72. The maximum Gasteiger partial charge on any atom is 0.142 e. The predicted molar refractivity (Wildman–Crippen MR) is 85.3 cm³/mol. The molecule has 22 heavy (non-hydrogen) atoms. The molecule has 6 nitrogen and oxygen atoms in total. The van der Waals surface area contributed by atoms with Gasteiger partial charge in [-0.25, -0.2) is 0 Å². The smallest absolute Gasteiger partial charge is 0.142 e. The summed E-state index contributed by atoms with van der Waals surface area (Å²) >= 11 is 0. The van der Waals surface area contributed by atoms with E-state index >= 15 is 0 Å². The molecule has 1 rings (SSSR count). The first kappa shape index (κ1) is 18.7. The molecule has 0 saturated heterocycles.